The molecule has 1 saturated heterocycles. The Morgan fingerprint density at radius 2 is 2.29 bits per heavy atom. The molecule has 0 N–H and O–H groups in total. The summed E-state index contributed by atoms with van der Waals surface area (Å²) in [6.45, 7) is -0.0197. The zero-order chi connectivity index (χ0) is 16.5. The maximum atomic E-state index is 12.1. The average Bonchev–Trinajstić information content (AvgIpc) is 3.29. The Balaban J connectivity index is 1.71. The van der Waals surface area contributed by atoms with Crippen molar-refractivity contribution in [3.8, 4) is 11.4 Å². The largest absolute Gasteiger partial charge is 0.356 e. The van der Waals surface area contributed by atoms with Crippen LogP contribution >= 0.6 is 11.3 Å². The van der Waals surface area contributed by atoms with Crippen molar-refractivity contribution in [2.24, 2.45) is 0 Å². The van der Waals surface area contributed by atoms with E-state index in [1.165, 1.54) is 0 Å². The van der Waals surface area contributed by atoms with Crippen LogP contribution in [0.2, 0.25) is 0 Å². The Bertz CT molecular complexity index is 834. The highest BCUT2D eigenvalue weighted by Gasteiger charge is 2.40. The number of hydrogen-bond acceptors (Lipinski definition) is 7. The van der Waals surface area contributed by atoms with Gasteiger partial charge in [-0.1, -0.05) is 11.2 Å². The van der Waals surface area contributed by atoms with E-state index < -0.39 is 6.10 Å². The summed E-state index contributed by atoms with van der Waals surface area (Å²) in [6, 6.07) is 5.29. The maximum absolute atomic E-state index is 12.1. The van der Waals surface area contributed by atoms with Gasteiger partial charge >= 0.3 is 0 Å². The minimum absolute atomic E-state index is 0.0197. The zero-order valence-corrected chi connectivity index (χ0v) is 13.6. The Morgan fingerprint density at radius 3 is 3.04 bits per heavy atom. The Kier molecular flexibility index (Phi) is 3.83. The third-order valence-corrected chi connectivity index (χ3v) is 4.66. The zero-order valence-electron chi connectivity index (χ0n) is 12.8. The summed E-state index contributed by atoms with van der Waals surface area (Å²) in [5, 5.41) is 7.93. The molecule has 0 spiro atoms. The summed E-state index contributed by atoms with van der Waals surface area (Å²) in [5.41, 5.74) is 1.75. The first-order valence-corrected chi connectivity index (χ1v) is 8.31. The normalized spacial score (nSPS) is 21.2. The molecule has 0 aliphatic carbocycles. The van der Waals surface area contributed by atoms with Crippen LogP contribution < -0.4 is 0 Å². The van der Waals surface area contributed by atoms with E-state index in [-0.39, 0.29) is 18.6 Å². The van der Waals surface area contributed by atoms with Crippen molar-refractivity contribution >= 4 is 17.2 Å². The maximum Gasteiger partial charge on any atom is 0.258 e. The number of nitrogens with zero attached hydrogens (tertiary/aromatic N) is 4. The summed E-state index contributed by atoms with van der Waals surface area (Å²) in [6.07, 6.45) is 2.87. The van der Waals surface area contributed by atoms with Gasteiger partial charge in [0, 0.05) is 30.4 Å². The first-order valence-electron chi connectivity index (χ1n) is 7.37. The number of pyridine rings is 1. The quantitative estimate of drug-likeness (QED) is 0.727. The third-order valence-electron chi connectivity index (χ3n) is 3.97. The molecule has 1 aliphatic heterocycles. The number of hydrogen-bond donors (Lipinski definition) is 0. The summed E-state index contributed by atoms with van der Waals surface area (Å²) >= 11 is 1.56. The van der Waals surface area contributed by atoms with Gasteiger partial charge in [0.2, 0.25) is 11.7 Å². The Labute approximate surface area is 141 Å². The number of aromatic nitrogens is 3. The molecular formula is C16H14N4O3S. The Hall–Kier alpha value is -2.58. The number of carbonyl (C=O) groups is 1. The van der Waals surface area contributed by atoms with Crippen molar-refractivity contribution < 1.29 is 14.1 Å². The van der Waals surface area contributed by atoms with E-state index in [2.05, 4.69) is 15.1 Å². The summed E-state index contributed by atoms with van der Waals surface area (Å²) in [5.74, 6) is 0.765. The molecule has 2 atom stereocenters. The molecule has 0 unspecified atom stereocenters. The second kappa shape index (κ2) is 6.14. The minimum Gasteiger partial charge on any atom is -0.356 e. The van der Waals surface area contributed by atoms with Gasteiger partial charge in [-0.15, -0.1) is 0 Å². The fourth-order valence-electron chi connectivity index (χ4n) is 2.73. The highest BCUT2D eigenvalue weighted by atomic mass is 32.1. The van der Waals surface area contributed by atoms with Gasteiger partial charge in [0.25, 0.3) is 5.89 Å². The van der Waals surface area contributed by atoms with Gasteiger partial charge in [-0.2, -0.15) is 16.3 Å². The van der Waals surface area contributed by atoms with Crippen molar-refractivity contribution in [2.75, 3.05) is 13.7 Å². The third kappa shape index (κ3) is 2.59. The molecule has 8 heteroatoms. The number of likely N-dealkylation sites (N-methyl/N-ethyl adjacent to an activating group) is 1. The van der Waals surface area contributed by atoms with E-state index >= 15 is 0 Å². The molecule has 0 bridgehead atoms. The lowest BCUT2D eigenvalue weighted by molar-refractivity contribution is -0.157. The molecule has 1 fully saturated rings. The lowest BCUT2D eigenvalue weighted by Crippen LogP contribution is -2.43. The standard InChI is InChI=1S/C16H14N4O3S/c1-20-12(21)8-22-14(13(20)10-3-2-5-17-7-10)16-18-15(19-23-16)11-4-6-24-9-11/h2-7,9,13-14H,8H2,1H3/t13-,14+/m1/s1. The van der Waals surface area contributed by atoms with Crippen molar-refractivity contribution in [1.29, 1.82) is 0 Å². The van der Waals surface area contributed by atoms with Crippen molar-refractivity contribution in [3.05, 3.63) is 52.8 Å². The van der Waals surface area contributed by atoms with Crippen LogP contribution in [0.1, 0.15) is 23.6 Å². The molecule has 3 aromatic heterocycles. The summed E-state index contributed by atoms with van der Waals surface area (Å²) in [4.78, 5) is 22.3. The van der Waals surface area contributed by atoms with Gasteiger partial charge in [0.15, 0.2) is 6.10 Å². The van der Waals surface area contributed by atoms with Crippen LogP contribution in [0.15, 0.2) is 45.9 Å². The van der Waals surface area contributed by atoms with Gasteiger partial charge in [-0.25, -0.2) is 0 Å². The highest BCUT2D eigenvalue weighted by Crippen LogP contribution is 2.38. The van der Waals surface area contributed by atoms with Crippen molar-refractivity contribution in [1.82, 2.24) is 20.0 Å². The SMILES string of the molecule is CN1C(=O)CO[C@H](c2nc(-c3ccsc3)no2)[C@H]1c1cccnc1. The first kappa shape index (κ1) is 15.0. The number of amides is 1. The predicted molar refractivity (Wildman–Crippen MR) is 86.1 cm³/mol. The molecule has 3 aromatic rings. The monoisotopic (exact) mass is 342 g/mol. The van der Waals surface area contributed by atoms with Gasteiger partial charge in [-0.05, 0) is 23.1 Å². The van der Waals surface area contributed by atoms with Gasteiger partial charge in [0.05, 0.1) is 6.04 Å². The number of ether oxygens (including phenoxy) is 1. The number of morpholine rings is 1. The fourth-order valence-corrected chi connectivity index (χ4v) is 3.36. The smallest absolute Gasteiger partial charge is 0.258 e. The molecule has 0 saturated carbocycles. The molecule has 0 radical (unpaired) electrons. The van der Waals surface area contributed by atoms with Crippen LogP contribution in [0.3, 0.4) is 0 Å². The molecular weight excluding hydrogens is 328 g/mol. The van der Waals surface area contributed by atoms with Gasteiger partial charge < -0.3 is 14.2 Å². The fraction of sp³-hybridized carbons (Fsp3) is 0.250. The van der Waals surface area contributed by atoms with Crippen LogP contribution in [-0.2, 0) is 9.53 Å². The molecule has 4 rings (SSSR count). The van der Waals surface area contributed by atoms with E-state index in [0.29, 0.717) is 11.7 Å². The molecule has 24 heavy (non-hydrogen) atoms. The second-order valence-corrected chi connectivity index (χ2v) is 6.22. The number of thiophene rings is 1. The van der Waals surface area contributed by atoms with Gasteiger partial charge in [-0.3, -0.25) is 9.78 Å². The molecule has 1 aliphatic rings. The molecule has 4 heterocycles. The molecule has 0 aromatic carbocycles. The van der Waals surface area contributed by atoms with E-state index in [1.807, 2.05) is 29.0 Å². The topological polar surface area (TPSA) is 81.4 Å². The van der Waals surface area contributed by atoms with E-state index in [9.17, 15) is 4.79 Å². The highest BCUT2D eigenvalue weighted by molar-refractivity contribution is 7.08. The van der Waals surface area contributed by atoms with Crippen LogP contribution in [0.4, 0.5) is 0 Å². The number of carbonyl (C=O) groups excluding carboxylic acids is 1. The van der Waals surface area contributed by atoms with Gasteiger partial charge in [0.1, 0.15) is 6.61 Å². The van der Waals surface area contributed by atoms with Crippen LogP contribution in [0, 0.1) is 0 Å². The van der Waals surface area contributed by atoms with E-state index in [1.54, 1.807) is 35.7 Å². The summed E-state index contributed by atoms with van der Waals surface area (Å²) < 4.78 is 11.2. The van der Waals surface area contributed by atoms with Crippen LogP contribution in [-0.4, -0.2) is 39.6 Å². The van der Waals surface area contributed by atoms with Crippen molar-refractivity contribution in [2.45, 2.75) is 12.1 Å². The van der Waals surface area contributed by atoms with Crippen LogP contribution in [0.5, 0.6) is 0 Å². The number of rotatable bonds is 3. The van der Waals surface area contributed by atoms with Crippen LogP contribution in [0.25, 0.3) is 11.4 Å². The minimum atomic E-state index is -0.531. The first-order chi connectivity index (χ1) is 11.7. The molecule has 7 nitrogen and oxygen atoms in total. The molecule has 122 valence electrons. The Morgan fingerprint density at radius 1 is 1.38 bits per heavy atom. The lowest BCUT2D eigenvalue weighted by Gasteiger charge is -2.37. The predicted octanol–water partition coefficient (Wildman–Crippen LogP) is 2.46. The summed E-state index contributed by atoms with van der Waals surface area (Å²) in [7, 11) is 1.74. The average molecular weight is 342 g/mol. The van der Waals surface area contributed by atoms with Crippen molar-refractivity contribution in [3.63, 3.8) is 0 Å². The molecule has 1 amide bonds. The van der Waals surface area contributed by atoms with E-state index in [4.69, 9.17) is 9.26 Å². The van der Waals surface area contributed by atoms with E-state index in [0.717, 1.165) is 11.1 Å². The lowest BCUT2D eigenvalue weighted by atomic mass is 10.00. The second-order valence-electron chi connectivity index (χ2n) is 5.44.